The summed E-state index contributed by atoms with van der Waals surface area (Å²) >= 11 is 0. The maximum absolute atomic E-state index is 12.4. The first-order valence-corrected chi connectivity index (χ1v) is 8.03. The van der Waals surface area contributed by atoms with Crippen LogP contribution in [0.2, 0.25) is 0 Å². The van der Waals surface area contributed by atoms with Gasteiger partial charge in [-0.05, 0) is 26.0 Å². The first kappa shape index (κ1) is 19.0. The van der Waals surface area contributed by atoms with Crippen molar-refractivity contribution >= 4 is 17.6 Å². The first-order valence-electron chi connectivity index (χ1n) is 8.03. The topological polar surface area (TPSA) is 111 Å². The van der Waals surface area contributed by atoms with Crippen molar-refractivity contribution < 1.29 is 19.2 Å². The number of nitro groups is 1. The van der Waals surface area contributed by atoms with E-state index in [1.165, 1.54) is 30.5 Å². The van der Waals surface area contributed by atoms with Crippen LogP contribution in [0.1, 0.15) is 42.4 Å². The highest BCUT2D eigenvalue weighted by Crippen LogP contribution is 2.27. The van der Waals surface area contributed by atoms with Crippen LogP contribution < -0.4 is 5.32 Å². The Kier molecular flexibility index (Phi) is 6.37. The summed E-state index contributed by atoms with van der Waals surface area (Å²) in [4.78, 5) is 39.2. The lowest BCUT2D eigenvalue weighted by Crippen LogP contribution is -2.32. The number of ether oxygens (including phenoxy) is 1. The number of rotatable bonds is 7. The smallest absolute Gasteiger partial charge is 0.308 e. The largest absolute Gasteiger partial charge is 0.463 e. The van der Waals surface area contributed by atoms with Crippen LogP contribution >= 0.6 is 0 Å². The summed E-state index contributed by atoms with van der Waals surface area (Å²) in [5, 5.41) is 14.0. The Bertz CT molecular complexity index is 792. The minimum atomic E-state index is -0.919. The van der Waals surface area contributed by atoms with Gasteiger partial charge in [0.2, 0.25) is 0 Å². The third-order valence-corrected chi connectivity index (χ3v) is 3.45. The van der Waals surface area contributed by atoms with E-state index in [9.17, 15) is 19.7 Å². The quantitative estimate of drug-likeness (QED) is 0.463. The number of benzene rings is 1. The van der Waals surface area contributed by atoms with Gasteiger partial charge in [0.25, 0.3) is 11.6 Å². The van der Waals surface area contributed by atoms with E-state index in [4.69, 9.17) is 4.74 Å². The molecule has 26 heavy (non-hydrogen) atoms. The third kappa shape index (κ3) is 5.10. The van der Waals surface area contributed by atoms with Crippen LogP contribution in [0, 0.1) is 10.1 Å². The van der Waals surface area contributed by atoms with Crippen molar-refractivity contribution in [1.29, 1.82) is 0 Å². The second-order valence-corrected chi connectivity index (χ2v) is 5.80. The molecule has 8 heteroatoms. The number of nitrogens with zero attached hydrogens (tertiary/aromatic N) is 2. The molecule has 2 rings (SSSR count). The summed E-state index contributed by atoms with van der Waals surface area (Å²) in [7, 11) is 0. The Labute approximate surface area is 150 Å². The van der Waals surface area contributed by atoms with Gasteiger partial charge in [-0.15, -0.1) is 0 Å². The normalized spacial score (nSPS) is 11.7. The molecule has 1 amide bonds. The Hall–Kier alpha value is -3.29. The van der Waals surface area contributed by atoms with Gasteiger partial charge in [0.1, 0.15) is 5.69 Å². The predicted molar refractivity (Wildman–Crippen MR) is 93.4 cm³/mol. The van der Waals surface area contributed by atoms with E-state index >= 15 is 0 Å². The molecule has 136 valence electrons. The maximum Gasteiger partial charge on any atom is 0.308 e. The molecule has 0 spiro atoms. The highest BCUT2D eigenvalue weighted by molar-refractivity contribution is 5.92. The van der Waals surface area contributed by atoms with Crippen LogP contribution in [0.25, 0.3) is 0 Å². The van der Waals surface area contributed by atoms with Gasteiger partial charge in [-0.1, -0.05) is 24.3 Å². The number of nitrogens with one attached hydrogen (secondary N) is 1. The molecule has 1 aromatic heterocycles. The Morgan fingerprint density at radius 1 is 1.19 bits per heavy atom. The third-order valence-electron chi connectivity index (χ3n) is 3.45. The van der Waals surface area contributed by atoms with Crippen LogP contribution in [0.5, 0.6) is 0 Å². The van der Waals surface area contributed by atoms with E-state index in [0.29, 0.717) is 0 Å². The molecule has 0 aliphatic carbocycles. The lowest BCUT2D eigenvalue weighted by atomic mass is 10.0. The molecule has 0 bridgehead atoms. The van der Waals surface area contributed by atoms with E-state index in [0.717, 1.165) is 0 Å². The van der Waals surface area contributed by atoms with Gasteiger partial charge in [0.05, 0.1) is 29.1 Å². The highest BCUT2D eigenvalue weighted by atomic mass is 16.6. The zero-order chi connectivity index (χ0) is 19.1. The molecule has 0 radical (unpaired) electrons. The molecule has 0 saturated carbocycles. The van der Waals surface area contributed by atoms with Crippen molar-refractivity contribution in [1.82, 2.24) is 10.3 Å². The molecule has 0 aliphatic heterocycles. The number of esters is 1. The molecule has 2 aromatic rings. The number of carbonyl (C=O) groups is 2. The van der Waals surface area contributed by atoms with Gasteiger partial charge >= 0.3 is 5.97 Å². The number of nitro benzene ring substituents is 1. The van der Waals surface area contributed by atoms with E-state index < -0.39 is 22.8 Å². The molecule has 1 N–H and O–H groups in total. The van der Waals surface area contributed by atoms with Gasteiger partial charge < -0.3 is 10.1 Å². The molecule has 0 fully saturated rings. The molecule has 0 saturated heterocycles. The van der Waals surface area contributed by atoms with E-state index in [1.54, 1.807) is 32.0 Å². The minimum Gasteiger partial charge on any atom is -0.463 e. The summed E-state index contributed by atoms with van der Waals surface area (Å²) in [5.41, 5.74) is 0.187. The Morgan fingerprint density at radius 3 is 2.50 bits per heavy atom. The standard InChI is InChI=1S/C18H19N3O5/c1-12(2)26-17(22)11-15(13-7-3-4-9-16(13)21(24)25)20-18(23)14-8-5-6-10-19-14/h3-10,12,15H,11H2,1-2H3,(H,20,23). The van der Waals surface area contributed by atoms with Crippen molar-refractivity contribution in [3.8, 4) is 0 Å². The molecule has 8 nitrogen and oxygen atoms in total. The number of pyridine rings is 1. The summed E-state index contributed by atoms with van der Waals surface area (Å²) in [6.45, 7) is 3.40. The molecule has 0 aliphatic rings. The van der Waals surface area contributed by atoms with Crippen molar-refractivity contribution in [2.24, 2.45) is 0 Å². The molecule has 1 unspecified atom stereocenters. The van der Waals surface area contributed by atoms with Crippen molar-refractivity contribution in [3.05, 3.63) is 70.0 Å². The van der Waals surface area contributed by atoms with Crippen molar-refractivity contribution in [2.45, 2.75) is 32.4 Å². The fraction of sp³-hybridized carbons (Fsp3) is 0.278. The van der Waals surface area contributed by atoms with Gasteiger partial charge in [-0.2, -0.15) is 0 Å². The number of hydrogen-bond donors (Lipinski definition) is 1. The monoisotopic (exact) mass is 357 g/mol. The molecular formula is C18H19N3O5. The molecular weight excluding hydrogens is 338 g/mol. The van der Waals surface area contributed by atoms with Crippen LogP contribution in [-0.4, -0.2) is 27.9 Å². The molecule has 1 heterocycles. The summed E-state index contributed by atoms with van der Waals surface area (Å²) in [6.07, 6.45) is 0.893. The average molecular weight is 357 g/mol. The Morgan fingerprint density at radius 2 is 1.88 bits per heavy atom. The SMILES string of the molecule is CC(C)OC(=O)CC(NC(=O)c1ccccn1)c1ccccc1[N+](=O)[O-]. The van der Waals surface area contributed by atoms with E-state index in [1.807, 2.05) is 0 Å². The lowest BCUT2D eigenvalue weighted by molar-refractivity contribution is -0.385. The van der Waals surface area contributed by atoms with E-state index in [2.05, 4.69) is 10.3 Å². The molecule has 1 aromatic carbocycles. The lowest BCUT2D eigenvalue weighted by Gasteiger charge is -2.19. The summed E-state index contributed by atoms with van der Waals surface area (Å²) in [5.74, 6) is -1.10. The zero-order valence-corrected chi connectivity index (χ0v) is 14.4. The van der Waals surface area contributed by atoms with Crippen LogP contribution in [0.4, 0.5) is 5.69 Å². The number of hydrogen-bond acceptors (Lipinski definition) is 6. The van der Waals surface area contributed by atoms with Crippen LogP contribution in [0.15, 0.2) is 48.7 Å². The predicted octanol–water partition coefficient (Wildman–Crippen LogP) is 2.80. The van der Waals surface area contributed by atoms with Crippen LogP contribution in [-0.2, 0) is 9.53 Å². The minimum absolute atomic E-state index is 0.147. The van der Waals surface area contributed by atoms with Crippen molar-refractivity contribution in [3.63, 3.8) is 0 Å². The maximum atomic E-state index is 12.4. The second-order valence-electron chi connectivity index (χ2n) is 5.80. The number of para-hydroxylation sites is 1. The number of carbonyl (C=O) groups excluding carboxylic acids is 2. The van der Waals surface area contributed by atoms with E-state index in [-0.39, 0.29) is 29.5 Å². The highest BCUT2D eigenvalue weighted by Gasteiger charge is 2.27. The van der Waals surface area contributed by atoms with Gasteiger partial charge in [-0.3, -0.25) is 24.7 Å². The van der Waals surface area contributed by atoms with Gasteiger partial charge in [0, 0.05) is 12.3 Å². The van der Waals surface area contributed by atoms with Gasteiger partial charge in [0.15, 0.2) is 0 Å². The van der Waals surface area contributed by atoms with Gasteiger partial charge in [-0.25, -0.2) is 0 Å². The van der Waals surface area contributed by atoms with Crippen LogP contribution in [0.3, 0.4) is 0 Å². The summed E-state index contributed by atoms with van der Waals surface area (Å²) < 4.78 is 5.11. The van der Waals surface area contributed by atoms with Crippen molar-refractivity contribution in [2.75, 3.05) is 0 Å². The number of aromatic nitrogens is 1. The average Bonchev–Trinajstić information content (AvgIpc) is 2.61. The summed E-state index contributed by atoms with van der Waals surface area (Å²) in [6, 6.07) is 9.86. The Balaban J connectivity index is 2.32. The fourth-order valence-electron chi connectivity index (χ4n) is 2.39. The fourth-order valence-corrected chi connectivity index (χ4v) is 2.39. The molecule has 1 atom stereocenters. The number of amides is 1. The zero-order valence-electron chi connectivity index (χ0n) is 14.4. The second kappa shape index (κ2) is 8.70. The first-order chi connectivity index (χ1) is 12.4.